The van der Waals surface area contributed by atoms with Crippen LogP contribution in [0.1, 0.15) is 34.8 Å². The van der Waals surface area contributed by atoms with Crippen LogP contribution in [0, 0.1) is 0 Å². The molecule has 0 aliphatic rings. The Bertz CT molecular complexity index is 1890. The third kappa shape index (κ3) is 8.27. The number of carbonyl (C=O) groups is 3. The number of hydrogen-bond donors (Lipinski definition) is 2. The van der Waals surface area contributed by atoms with Crippen molar-refractivity contribution in [1.29, 1.82) is 0 Å². The number of urea groups is 1. The fourth-order valence-electron chi connectivity index (χ4n) is 5.31. The number of ether oxygens (including phenoxy) is 1. The fourth-order valence-corrected chi connectivity index (χ4v) is 5.31. The van der Waals surface area contributed by atoms with E-state index in [1.165, 1.54) is 0 Å². The highest BCUT2D eigenvalue weighted by Gasteiger charge is 2.17. The molecule has 8 heteroatoms. The summed E-state index contributed by atoms with van der Waals surface area (Å²) in [6.07, 6.45) is 0.750. The molecule has 244 valence electrons. The Morgan fingerprint density at radius 2 is 1.44 bits per heavy atom. The smallest absolute Gasteiger partial charge is 0.326 e. The van der Waals surface area contributed by atoms with E-state index in [1.54, 1.807) is 31.0 Å². The summed E-state index contributed by atoms with van der Waals surface area (Å²) in [4.78, 5) is 42.5. The Labute approximate surface area is 282 Å². The second-order valence-electron chi connectivity index (χ2n) is 11.5. The van der Waals surface area contributed by atoms with Gasteiger partial charge in [0, 0.05) is 72.7 Å². The van der Waals surface area contributed by atoms with E-state index in [0.717, 1.165) is 28.1 Å². The number of para-hydroxylation sites is 1. The third-order valence-corrected chi connectivity index (χ3v) is 7.97. The first-order valence-electron chi connectivity index (χ1n) is 15.9. The normalized spacial score (nSPS) is 10.6. The zero-order valence-electron chi connectivity index (χ0n) is 27.7. The molecule has 0 fully saturated rings. The van der Waals surface area contributed by atoms with Crippen LogP contribution in [-0.4, -0.2) is 45.5 Å². The van der Waals surface area contributed by atoms with Crippen LogP contribution in [0.5, 0.6) is 0 Å². The number of rotatable bonds is 12. The summed E-state index contributed by atoms with van der Waals surface area (Å²) in [5.74, 6) is -0.345. The molecule has 0 unspecified atom stereocenters. The number of benzene rings is 5. The predicted molar refractivity (Wildman–Crippen MR) is 195 cm³/mol. The molecule has 2 N–H and O–H groups in total. The highest BCUT2D eigenvalue weighted by Crippen LogP contribution is 2.35. The van der Waals surface area contributed by atoms with Crippen molar-refractivity contribution in [2.75, 3.05) is 48.2 Å². The lowest BCUT2D eigenvalue weighted by Crippen LogP contribution is -2.31. The molecule has 5 rings (SSSR count). The Kier molecular flexibility index (Phi) is 10.9. The molecule has 0 aromatic heterocycles. The molecule has 0 saturated carbocycles. The van der Waals surface area contributed by atoms with E-state index in [4.69, 9.17) is 4.74 Å². The Morgan fingerprint density at radius 3 is 2.17 bits per heavy atom. The molecule has 0 aliphatic heterocycles. The average molecular weight is 641 g/mol. The van der Waals surface area contributed by atoms with Gasteiger partial charge in [0.15, 0.2) is 5.78 Å². The van der Waals surface area contributed by atoms with Crippen molar-refractivity contribution in [1.82, 2.24) is 0 Å². The fraction of sp³-hybridized carbons (Fsp3) is 0.175. The highest BCUT2D eigenvalue weighted by atomic mass is 16.5. The lowest BCUT2D eigenvalue weighted by molar-refractivity contribution is -0.143. The van der Waals surface area contributed by atoms with Gasteiger partial charge in [-0.15, -0.1) is 0 Å². The van der Waals surface area contributed by atoms with Gasteiger partial charge in [-0.25, -0.2) is 4.79 Å². The van der Waals surface area contributed by atoms with Gasteiger partial charge < -0.3 is 20.3 Å². The molecular weight excluding hydrogens is 600 g/mol. The van der Waals surface area contributed by atoms with Crippen molar-refractivity contribution in [2.45, 2.75) is 19.8 Å². The minimum atomic E-state index is -0.272. The Hall–Kier alpha value is -5.89. The standard InChI is InChI=1S/C40H40N4O4/c1-5-48-38(45)25-19-28-18-24-34(37(26-28)42-36-17-10-9-16-35(36)39(46)29-12-7-6-8-13-29)30-14-11-15-33(27-30)44(4)40(47)41-31-20-22-32(23-21-31)43(2)3/h6-18,20-24,26-27,42H,5,19,25H2,1-4H3,(H,41,47). The molecule has 48 heavy (non-hydrogen) atoms. The van der Waals surface area contributed by atoms with Crippen molar-refractivity contribution in [2.24, 2.45) is 0 Å². The zero-order valence-corrected chi connectivity index (χ0v) is 27.7. The topological polar surface area (TPSA) is 91.0 Å². The van der Waals surface area contributed by atoms with Crippen molar-refractivity contribution >= 4 is 46.2 Å². The van der Waals surface area contributed by atoms with Gasteiger partial charge in [-0.1, -0.05) is 66.7 Å². The maximum atomic E-state index is 13.5. The van der Waals surface area contributed by atoms with Crippen LogP contribution < -0.4 is 20.4 Å². The van der Waals surface area contributed by atoms with Crippen LogP contribution in [0.25, 0.3) is 11.1 Å². The van der Waals surface area contributed by atoms with Crippen LogP contribution >= 0.6 is 0 Å². The van der Waals surface area contributed by atoms with E-state index in [1.807, 2.05) is 128 Å². The summed E-state index contributed by atoms with van der Waals surface area (Å²) < 4.78 is 5.14. The highest BCUT2D eigenvalue weighted by molar-refractivity contribution is 6.12. The molecule has 2 amide bonds. The van der Waals surface area contributed by atoms with Crippen LogP contribution in [0.3, 0.4) is 0 Å². The summed E-state index contributed by atoms with van der Waals surface area (Å²) in [6.45, 7) is 2.13. The van der Waals surface area contributed by atoms with E-state index < -0.39 is 0 Å². The molecule has 0 bridgehead atoms. The number of esters is 1. The third-order valence-electron chi connectivity index (χ3n) is 7.97. The first-order valence-corrected chi connectivity index (χ1v) is 15.9. The van der Waals surface area contributed by atoms with E-state index in [-0.39, 0.29) is 24.2 Å². The maximum absolute atomic E-state index is 13.5. The SMILES string of the molecule is CCOC(=O)CCc1ccc(-c2cccc(N(C)C(=O)Nc3ccc(N(C)C)cc3)c2)c(Nc2ccccc2C(=O)c2ccccc2)c1. The molecule has 0 atom stereocenters. The van der Waals surface area contributed by atoms with Gasteiger partial charge in [-0.05, 0) is 79.1 Å². The first kappa shape index (κ1) is 33.5. The number of hydrogen-bond acceptors (Lipinski definition) is 6. The Balaban J connectivity index is 1.46. The quantitative estimate of drug-likeness (QED) is 0.105. The number of anilines is 5. The molecule has 0 saturated heterocycles. The number of amides is 2. The van der Waals surface area contributed by atoms with Gasteiger partial charge in [0.1, 0.15) is 0 Å². The average Bonchev–Trinajstić information content (AvgIpc) is 3.11. The van der Waals surface area contributed by atoms with Crippen LogP contribution in [0.15, 0.2) is 121 Å². The lowest BCUT2D eigenvalue weighted by Gasteiger charge is -2.21. The van der Waals surface area contributed by atoms with Crippen LogP contribution in [0.2, 0.25) is 0 Å². The van der Waals surface area contributed by atoms with Gasteiger partial charge >= 0.3 is 12.0 Å². The molecule has 5 aromatic rings. The predicted octanol–water partition coefficient (Wildman–Crippen LogP) is 8.56. The molecule has 0 spiro atoms. The summed E-state index contributed by atoms with van der Waals surface area (Å²) in [5, 5.41) is 6.49. The van der Waals surface area contributed by atoms with Gasteiger partial charge in [0.2, 0.25) is 0 Å². The summed E-state index contributed by atoms with van der Waals surface area (Å²) in [6, 6.07) is 37.7. The lowest BCUT2D eigenvalue weighted by atomic mass is 9.97. The second-order valence-corrected chi connectivity index (χ2v) is 11.5. The van der Waals surface area contributed by atoms with Gasteiger partial charge in [-0.3, -0.25) is 14.5 Å². The summed E-state index contributed by atoms with van der Waals surface area (Å²) in [7, 11) is 5.66. The van der Waals surface area contributed by atoms with Crippen molar-refractivity contribution in [3.63, 3.8) is 0 Å². The summed E-state index contributed by atoms with van der Waals surface area (Å²) >= 11 is 0. The van der Waals surface area contributed by atoms with Crippen LogP contribution in [-0.2, 0) is 16.0 Å². The zero-order chi connectivity index (χ0) is 34.0. The van der Waals surface area contributed by atoms with Gasteiger partial charge in [0.05, 0.1) is 6.61 Å². The molecule has 0 aliphatic carbocycles. The van der Waals surface area contributed by atoms with Crippen molar-refractivity contribution in [3.05, 3.63) is 138 Å². The monoisotopic (exact) mass is 640 g/mol. The van der Waals surface area contributed by atoms with Gasteiger partial charge in [-0.2, -0.15) is 0 Å². The first-order chi connectivity index (χ1) is 23.2. The Morgan fingerprint density at radius 1 is 0.708 bits per heavy atom. The van der Waals surface area contributed by atoms with Gasteiger partial charge in [0.25, 0.3) is 0 Å². The van der Waals surface area contributed by atoms with E-state index >= 15 is 0 Å². The van der Waals surface area contributed by atoms with E-state index in [9.17, 15) is 14.4 Å². The minimum absolute atomic E-state index is 0.0929. The number of ketones is 1. The number of carbonyl (C=O) groups excluding carboxylic acids is 3. The number of nitrogens with zero attached hydrogens (tertiary/aromatic N) is 2. The minimum Gasteiger partial charge on any atom is -0.466 e. The van der Waals surface area contributed by atoms with Crippen molar-refractivity contribution < 1.29 is 19.1 Å². The molecule has 5 aromatic carbocycles. The molecule has 8 nitrogen and oxygen atoms in total. The number of nitrogens with one attached hydrogen (secondary N) is 2. The number of aryl methyl sites for hydroxylation is 1. The van der Waals surface area contributed by atoms with Crippen molar-refractivity contribution in [3.8, 4) is 11.1 Å². The second kappa shape index (κ2) is 15.6. The summed E-state index contributed by atoms with van der Waals surface area (Å²) in [5.41, 5.74) is 7.66. The van der Waals surface area contributed by atoms with E-state index in [0.29, 0.717) is 41.2 Å². The molecule has 0 heterocycles. The van der Waals surface area contributed by atoms with E-state index in [2.05, 4.69) is 10.6 Å². The maximum Gasteiger partial charge on any atom is 0.326 e. The van der Waals surface area contributed by atoms with Crippen LogP contribution in [0.4, 0.5) is 33.2 Å². The molecular formula is C40H40N4O4. The molecule has 0 radical (unpaired) electrons. The largest absolute Gasteiger partial charge is 0.466 e.